The Hall–Kier alpha value is -3.81. The van der Waals surface area contributed by atoms with Gasteiger partial charge in [-0.2, -0.15) is 0 Å². The van der Waals surface area contributed by atoms with Crippen molar-refractivity contribution in [2.24, 2.45) is 0 Å². The molecule has 0 atom stereocenters. The highest BCUT2D eigenvalue weighted by atomic mass is 16.5. The van der Waals surface area contributed by atoms with Gasteiger partial charge in [-0.1, -0.05) is 17.6 Å². The second-order valence-electron chi connectivity index (χ2n) is 8.57. The predicted octanol–water partition coefficient (Wildman–Crippen LogP) is 5.53. The first kappa shape index (κ1) is 22.0. The molecule has 0 saturated heterocycles. The van der Waals surface area contributed by atoms with Gasteiger partial charge in [0.05, 0.1) is 28.9 Å². The fourth-order valence-corrected chi connectivity index (χ4v) is 4.23. The van der Waals surface area contributed by atoms with Crippen LogP contribution in [-0.2, 0) is 6.54 Å². The van der Waals surface area contributed by atoms with E-state index in [4.69, 9.17) is 14.2 Å². The van der Waals surface area contributed by atoms with Crippen molar-refractivity contribution < 1.29 is 9.26 Å². The number of anilines is 1. The van der Waals surface area contributed by atoms with Crippen LogP contribution in [0, 0.1) is 13.8 Å². The maximum atomic E-state index is 6.22. The van der Waals surface area contributed by atoms with Crippen LogP contribution in [0.4, 0.5) is 5.95 Å². The molecule has 34 heavy (non-hydrogen) atoms. The fourth-order valence-electron chi connectivity index (χ4n) is 4.23. The third-order valence-corrected chi connectivity index (χ3v) is 6.11. The molecule has 0 aromatic carbocycles. The predicted molar refractivity (Wildman–Crippen MR) is 129 cm³/mol. The van der Waals surface area contributed by atoms with Gasteiger partial charge in [0.15, 0.2) is 5.76 Å². The Morgan fingerprint density at radius 3 is 2.56 bits per heavy atom. The van der Waals surface area contributed by atoms with Gasteiger partial charge in [0, 0.05) is 24.5 Å². The molecular weight excluding hydrogens is 428 g/mol. The summed E-state index contributed by atoms with van der Waals surface area (Å²) in [6.07, 6.45) is 9.75. The van der Waals surface area contributed by atoms with Gasteiger partial charge < -0.3 is 14.6 Å². The quantitative estimate of drug-likeness (QED) is 0.388. The lowest BCUT2D eigenvalue weighted by Gasteiger charge is -2.23. The standard InChI is InChI=1S/C26H28N6O2/c1-17-20(16-29-26-28-15-13-22(31-26)21-10-6-7-14-27-21)25(34-32-17)23-11-12-24(18(2)30-23)33-19-8-4-3-5-9-19/h6-7,10-15,19H,3-5,8-9,16H2,1-2H3,(H,28,29,31). The molecule has 8 heteroatoms. The molecule has 1 aliphatic rings. The van der Waals surface area contributed by atoms with Crippen molar-refractivity contribution in [1.29, 1.82) is 0 Å². The monoisotopic (exact) mass is 456 g/mol. The number of nitrogens with zero attached hydrogens (tertiary/aromatic N) is 5. The maximum Gasteiger partial charge on any atom is 0.223 e. The Kier molecular flexibility index (Phi) is 6.46. The molecule has 1 aliphatic carbocycles. The minimum Gasteiger partial charge on any atom is -0.489 e. The van der Waals surface area contributed by atoms with Crippen LogP contribution in [0.1, 0.15) is 49.1 Å². The lowest BCUT2D eigenvalue weighted by Crippen LogP contribution is -2.20. The number of hydrogen-bond acceptors (Lipinski definition) is 8. The Morgan fingerprint density at radius 1 is 0.882 bits per heavy atom. The molecule has 174 valence electrons. The van der Waals surface area contributed by atoms with E-state index in [0.717, 1.165) is 52.6 Å². The summed E-state index contributed by atoms with van der Waals surface area (Å²) >= 11 is 0. The molecule has 0 spiro atoms. The molecule has 4 aromatic heterocycles. The van der Waals surface area contributed by atoms with Crippen molar-refractivity contribution in [3.8, 4) is 28.6 Å². The lowest BCUT2D eigenvalue weighted by atomic mass is 9.98. The van der Waals surface area contributed by atoms with Crippen LogP contribution in [0.5, 0.6) is 5.75 Å². The Bertz CT molecular complexity index is 1250. The van der Waals surface area contributed by atoms with E-state index < -0.39 is 0 Å². The fraction of sp³-hybridized carbons (Fsp3) is 0.346. The van der Waals surface area contributed by atoms with Crippen LogP contribution in [0.2, 0.25) is 0 Å². The molecule has 0 bridgehead atoms. The number of ether oxygens (including phenoxy) is 1. The van der Waals surface area contributed by atoms with Gasteiger partial charge in [-0.05, 0) is 69.9 Å². The van der Waals surface area contributed by atoms with Crippen LogP contribution >= 0.6 is 0 Å². The van der Waals surface area contributed by atoms with Crippen LogP contribution in [-0.4, -0.2) is 31.2 Å². The maximum absolute atomic E-state index is 6.22. The minimum atomic E-state index is 0.286. The molecule has 5 rings (SSSR count). The summed E-state index contributed by atoms with van der Waals surface area (Å²) in [5, 5.41) is 7.46. The van der Waals surface area contributed by atoms with Gasteiger partial charge in [0.1, 0.15) is 11.4 Å². The number of rotatable bonds is 7. The molecule has 4 aromatic rings. The smallest absolute Gasteiger partial charge is 0.223 e. The minimum absolute atomic E-state index is 0.286. The van der Waals surface area contributed by atoms with E-state index in [9.17, 15) is 0 Å². The first-order chi connectivity index (χ1) is 16.7. The average Bonchev–Trinajstić information content (AvgIpc) is 3.25. The third-order valence-electron chi connectivity index (χ3n) is 6.11. The van der Waals surface area contributed by atoms with Crippen molar-refractivity contribution in [2.75, 3.05) is 5.32 Å². The van der Waals surface area contributed by atoms with E-state index in [1.165, 1.54) is 19.3 Å². The lowest BCUT2D eigenvalue weighted by molar-refractivity contribution is 0.153. The van der Waals surface area contributed by atoms with Crippen molar-refractivity contribution >= 4 is 5.95 Å². The largest absolute Gasteiger partial charge is 0.489 e. The molecule has 1 N–H and O–H groups in total. The van der Waals surface area contributed by atoms with Crippen LogP contribution < -0.4 is 10.1 Å². The molecular formula is C26H28N6O2. The van der Waals surface area contributed by atoms with E-state index in [1.807, 2.05) is 50.2 Å². The van der Waals surface area contributed by atoms with Gasteiger partial charge in [-0.3, -0.25) is 4.98 Å². The van der Waals surface area contributed by atoms with Gasteiger partial charge in [0.2, 0.25) is 5.95 Å². The molecule has 0 unspecified atom stereocenters. The third kappa shape index (κ3) is 4.90. The van der Waals surface area contributed by atoms with Crippen molar-refractivity contribution in [3.63, 3.8) is 0 Å². The molecule has 0 aliphatic heterocycles. The average molecular weight is 457 g/mol. The van der Waals surface area contributed by atoms with Crippen LogP contribution in [0.3, 0.4) is 0 Å². The Balaban J connectivity index is 1.32. The number of pyridine rings is 2. The van der Waals surface area contributed by atoms with E-state index in [0.29, 0.717) is 18.3 Å². The topological polar surface area (TPSA) is 98.9 Å². The second-order valence-corrected chi connectivity index (χ2v) is 8.57. The van der Waals surface area contributed by atoms with Gasteiger partial charge >= 0.3 is 0 Å². The van der Waals surface area contributed by atoms with Gasteiger partial charge in [0.25, 0.3) is 0 Å². The molecule has 0 radical (unpaired) electrons. The highest BCUT2D eigenvalue weighted by molar-refractivity contribution is 5.60. The first-order valence-corrected chi connectivity index (χ1v) is 11.8. The summed E-state index contributed by atoms with van der Waals surface area (Å²) in [5.41, 5.74) is 4.85. The summed E-state index contributed by atoms with van der Waals surface area (Å²) in [4.78, 5) is 18.1. The number of aromatic nitrogens is 5. The van der Waals surface area contributed by atoms with Crippen LogP contribution in [0.15, 0.2) is 53.3 Å². The van der Waals surface area contributed by atoms with E-state index in [1.54, 1.807) is 12.4 Å². The molecule has 1 fully saturated rings. The van der Waals surface area contributed by atoms with E-state index >= 15 is 0 Å². The second kappa shape index (κ2) is 9.99. The van der Waals surface area contributed by atoms with Crippen molar-refractivity contribution in [3.05, 3.63) is 65.7 Å². The zero-order valence-corrected chi connectivity index (χ0v) is 19.5. The number of aryl methyl sites for hydroxylation is 2. The Labute approximate surface area is 198 Å². The summed E-state index contributed by atoms with van der Waals surface area (Å²) < 4.78 is 11.9. The highest BCUT2D eigenvalue weighted by Crippen LogP contribution is 2.30. The van der Waals surface area contributed by atoms with Gasteiger partial charge in [-0.15, -0.1) is 0 Å². The summed E-state index contributed by atoms with van der Waals surface area (Å²) in [7, 11) is 0. The SMILES string of the molecule is Cc1nc(-c2onc(C)c2CNc2nccc(-c3ccccn3)n2)ccc1OC1CCCCC1. The van der Waals surface area contributed by atoms with E-state index in [-0.39, 0.29) is 6.10 Å². The highest BCUT2D eigenvalue weighted by Gasteiger charge is 2.20. The summed E-state index contributed by atoms with van der Waals surface area (Å²) in [6, 6.07) is 11.5. The van der Waals surface area contributed by atoms with E-state index in [2.05, 4.69) is 25.4 Å². The number of hydrogen-bond donors (Lipinski definition) is 1. The molecule has 0 amide bonds. The van der Waals surface area contributed by atoms with Gasteiger partial charge in [-0.25, -0.2) is 15.0 Å². The summed E-state index contributed by atoms with van der Waals surface area (Å²) in [6.45, 7) is 4.35. The number of nitrogens with one attached hydrogen (secondary N) is 1. The van der Waals surface area contributed by atoms with Crippen molar-refractivity contribution in [2.45, 2.75) is 58.6 Å². The zero-order valence-electron chi connectivity index (χ0n) is 19.5. The first-order valence-electron chi connectivity index (χ1n) is 11.8. The molecule has 4 heterocycles. The molecule has 8 nitrogen and oxygen atoms in total. The van der Waals surface area contributed by atoms with Crippen LogP contribution in [0.25, 0.3) is 22.8 Å². The Morgan fingerprint density at radius 2 is 1.76 bits per heavy atom. The zero-order chi connectivity index (χ0) is 23.3. The normalized spacial score (nSPS) is 14.2. The summed E-state index contributed by atoms with van der Waals surface area (Å²) in [5.74, 6) is 1.99. The van der Waals surface area contributed by atoms with Crippen molar-refractivity contribution in [1.82, 2.24) is 25.1 Å². The molecule has 1 saturated carbocycles.